The lowest BCUT2D eigenvalue weighted by Crippen LogP contribution is -2.56. The summed E-state index contributed by atoms with van der Waals surface area (Å²) >= 11 is 0. The highest BCUT2D eigenvalue weighted by molar-refractivity contribution is 5.15. The van der Waals surface area contributed by atoms with Crippen molar-refractivity contribution in [3.05, 3.63) is 35.9 Å². The van der Waals surface area contributed by atoms with E-state index in [4.69, 9.17) is 10.5 Å². The Bertz CT molecular complexity index is 382. The molecule has 0 bridgehead atoms. The average molecular weight is 292 g/mol. The van der Waals surface area contributed by atoms with E-state index in [1.165, 1.54) is 5.56 Å². The van der Waals surface area contributed by atoms with Crippen LogP contribution in [-0.2, 0) is 11.2 Å². The first-order valence-electron chi connectivity index (χ1n) is 8.07. The van der Waals surface area contributed by atoms with Crippen LogP contribution in [0.2, 0.25) is 0 Å². The fraction of sp³-hybridized carbons (Fsp3) is 0.667. The lowest BCUT2D eigenvalue weighted by molar-refractivity contribution is 0.0326. The van der Waals surface area contributed by atoms with E-state index in [-0.39, 0.29) is 5.54 Å². The number of nitrogens with zero attached hydrogens (tertiary/aromatic N) is 1. The van der Waals surface area contributed by atoms with Crippen molar-refractivity contribution < 1.29 is 4.74 Å². The molecular formula is C18H32N2O. The van der Waals surface area contributed by atoms with Gasteiger partial charge in [0.2, 0.25) is 0 Å². The number of aryl methyl sites for hydroxylation is 1. The van der Waals surface area contributed by atoms with E-state index in [0.29, 0.717) is 12.6 Å². The molecule has 0 aromatic heterocycles. The highest BCUT2D eigenvalue weighted by Crippen LogP contribution is 2.24. The number of nitrogens with two attached hydrogens (primary N) is 1. The topological polar surface area (TPSA) is 38.5 Å². The SMILES string of the molecule is CCC(C)N(CCOC)C(C)(CN)CCc1ccccc1. The molecule has 2 unspecified atom stereocenters. The van der Waals surface area contributed by atoms with E-state index >= 15 is 0 Å². The minimum absolute atomic E-state index is 0.0177. The van der Waals surface area contributed by atoms with Crippen LogP contribution in [0, 0.1) is 0 Å². The minimum Gasteiger partial charge on any atom is -0.383 e. The Morgan fingerprint density at radius 1 is 1.29 bits per heavy atom. The second kappa shape index (κ2) is 9.19. The van der Waals surface area contributed by atoms with Crippen LogP contribution in [0.15, 0.2) is 30.3 Å². The normalized spacial score (nSPS) is 15.9. The largest absolute Gasteiger partial charge is 0.383 e. The molecule has 3 heteroatoms. The molecule has 0 amide bonds. The summed E-state index contributed by atoms with van der Waals surface area (Å²) in [7, 11) is 1.76. The molecule has 1 rings (SSSR count). The highest BCUT2D eigenvalue weighted by atomic mass is 16.5. The summed E-state index contributed by atoms with van der Waals surface area (Å²) in [6.07, 6.45) is 3.26. The second-order valence-electron chi connectivity index (χ2n) is 6.13. The van der Waals surface area contributed by atoms with Crippen molar-refractivity contribution >= 4 is 0 Å². The molecule has 0 spiro atoms. The fourth-order valence-corrected chi connectivity index (χ4v) is 2.85. The van der Waals surface area contributed by atoms with Crippen LogP contribution in [0.4, 0.5) is 0 Å². The van der Waals surface area contributed by atoms with E-state index < -0.39 is 0 Å². The summed E-state index contributed by atoms with van der Waals surface area (Å²) in [5.41, 5.74) is 7.55. The number of hydrogen-bond acceptors (Lipinski definition) is 3. The zero-order valence-electron chi connectivity index (χ0n) is 14.1. The van der Waals surface area contributed by atoms with Gasteiger partial charge >= 0.3 is 0 Å². The Kier molecular flexibility index (Phi) is 7.94. The van der Waals surface area contributed by atoms with Crippen LogP contribution in [-0.4, -0.2) is 43.3 Å². The summed E-state index contributed by atoms with van der Waals surface area (Å²) in [6.45, 7) is 9.18. The van der Waals surface area contributed by atoms with E-state index in [2.05, 4.69) is 56.0 Å². The Balaban J connectivity index is 2.77. The van der Waals surface area contributed by atoms with E-state index in [1.54, 1.807) is 7.11 Å². The smallest absolute Gasteiger partial charge is 0.0590 e. The van der Waals surface area contributed by atoms with E-state index in [0.717, 1.165) is 32.4 Å². The summed E-state index contributed by atoms with van der Waals surface area (Å²) in [5.74, 6) is 0. The molecule has 2 atom stereocenters. The first kappa shape index (κ1) is 18.1. The van der Waals surface area contributed by atoms with Crippen LogP contribution < -0.4 is 5.73 Å². The molecular weight excluding hydrogens is 260 g/mol. The van der Waals surface area contributed by atoms with Crippen LogP contribution in [0.25, 0.3) is 0 Å². The Labute approximate surface area is 130 Å². The number of ether oxygens (including phenoxy) is 1. The predicted octanol–water partition coefficient (Wildman–Crippen LogP) is 3.08. The predicted molar refractivity (Wildman–Crippen MR) is 90.6 cm³/mol. The van der Waals surface area contributed by atoms with Gasteiger partial charge in [-0.15, -0.1) is 0 Å². The van der Waals surface area contributed by atoms with Crippen molar-refractivity contribution in [2.45, 2.75) is 51.6 Å². The van der Waals surface area contributed by atoms with Gasteiger partial charge in [0.25, 0.3) is 0 Å². The molecule has 120 valence electrons. The Morgan fingerprint density at radius 3 is 2.48 bits per heavy atom. The van der Waals surface area contributed by atoms with Crippen LogP contribution in [0.5, 0.6) is 0 Å². The fourth-order valence-electron chi connectivity index (χ4n) is 2.85. The van der Waals surface area contributed by atoms with Crippen molar-refractivity contribution in [3.8, 4) is 0 Å². The van der Waals surface area contributed by atoms with Crippen LogP contribution in [0.1, 0.15) is 39.2 Å². The number of hydrogen-bond donors (Lipinski definition) is 1. The van der Waals surface area contributed by atoms with Crippen LogP contribution in [0.3, 0.4) is 0 Å². The molecule has 0 fully saturated rings. The molecule has 0 aliphatic carbocycles. The molecule has 1 aromatic carbocycles. The van der Waals surface area contributed by atoms with Gasteiger partial charge in [-0.25, -0.2) is 0 Å². The highest BCUT2D eigenvalue weighted by Gasteiger charge is 2.32. The van der Waals surface area contributed by atoms with Gasteiger partial charge in [0.1, 0.15) is 0 Å². The van der Waals surface area contributed by atoms with Gasteiger partial charge in [0, 0.05) is 31.8 Å². The summed E-state index contributed by atoms with van der Waals surface area (Å²) in [4.78, 5) is 2.53. The zero-order valence-corrected chi connectivity index (χ0v) is 14.1. The van der Waals surface area contributed by atoms with E-state index in [1.807, 2.05) is 0 Å². The van der Waals surface area contributed by atoms with Gasteiger partial charge in [-0.05, 0) is 38.7 Å². The number of methoxy groups -OCH3 is 1. The zero-order chi connectivity index (χ0) is 15.7. The third-order valence-corrected chi connectivity index (χ3v) is 4.59. The molecule has 0 heterocycles. The lowest BCUT2D eigenvalue weighted by Gasteiger charge is -2.44. The Hall–Kier alpha value is -0.900. The molecule has 21 heavy (non-hydrogen) atoms. The average Bonchev–Trinajstić information content (AvgIpc) is 2.53. The lowest BCUT2D eigenvalue weighted by atomic mass is 9.89. The Morgan fingerprint density at radius 2 is 1.95 bits per heavy atom. The summed E-state index contributed by atoms with van der Waals surface area (Å²) < 4.78 is 5.29. The van der Waals surface area contributed by atoms with Gasteiger partial charge in [-0.2, -0.15) is 0 Å². The van der Waals surface area contributed by atoms with Gasteiger partial charge in [0.15, 0.2) is 0 Å². The quantitative estimate of drug-likeness (QED) is 0.720. The van der Waals surface area contributed by atoms with Crippen molar-refractivity contribution in [3.63, 3.8) is 0 Å². The maximum absolute atomic E-state index is 6.15. The summed E-state index contributed by atoms with van der Waals surface area (Å²) in [5, 5.41) is 0. The third kappa shape index (κ3) is 5.42. The molecule has 2 N–H and O–H groups in total. The van der Waals surface area contributed by atoms with Crippen molar-refractivity contribution in [2.24, 2.45) is 5.73 Å². The molecule has 1 aromatic rings. The molecule has 0 saturated carbocycles. The molecule has 3 nitrogen and oxygen atoms in total. The molecule has 0 aliphatic heterocycles. The van der Waals surface area contributed by atoms with E-state index in [9.17, 15) is 0 Å². The minimum atomic E-state index is 0.0177. The van der Waals surface area contributed by atoms with Crippen LogP contribution >= 0.6 is 0 Å². The molecule has 0 radical (unpaired) electrons. The van der Waals surface area contributed by atoms with Gasteiger partial charge in [-0.3, -0.25) is 4.90 Å². The standard InChI is InChI=1S/C18H32N2O/c1-5-16(2)20(13-14-21-4)18(3,15-19)12-11-17-9-7-6-8-10-17/h6-10,16H,5,11-15,19H2,1-4H3. The van der Waals surface area contributed by atoms with Crippen molar-refractivity contribution in [1.29, 1.82) is 0 Å². The van der Waals surface area contributed by atoms with Gasteiger partial charge in [0.05, 0.1) is 6.61 Å². The maximum atomic E-state index is 6.15. The van der Waals surface area contributed by atoms with Gasteiger partial charge in [-0.1, -0.05) is 37.3 Å². The first-order chi connectivity index (χ1) is 10.1. The number of benzene rings is 1. The monoisotopic (exact) mass is 292 g/mol. The first-order valence-corrected chi connectivity index (χ1v) is 8.07. The van der Waals surface area contributed by atoms with Gasteiger partial charge < -0.3 is 10.5 Å². The van der Waals surface area contributed by atoms with Crippen molar-refractivity contribution in [1.82, 2.24) is 4.90 Å². The number of rotatable bonds is 10. The summed E-state index contributed by atoms with van der Waals surface area (Å²) in [6, 6.07) is 11.2. The maximum Gasteiger partial charge on any atom is 0.0590 e. The molecule has 0 saturated heterocycles. The molecule has 0 aliphatic rings. The van der Waals surface area contributed by atoms with Crippen molar-refractivity contribution in [2.75, 3.05) is 26.8 Å². The third-order valence-electron chi connectivity index (χ3n) is 4.59. The second-order valence-corrected chi connectivity index (χ2v) is 6.13.